The Morgan fingerprint density at radius 3 is 2.61 bits per heavy atom. The van der Waals surface area contributed by atoms with E-state index in [2.05, 4.69) is 20.8 Å². The van der Waals surface area contributed by atoms with Crippen LogP contribution in [0.25, 0.3) is 10.7 Å². The van der Waals surface area contributed by atoms with Gasteiger partial charge in [0.15, 0.2) is 11.0 Å². The van der Waals surface area contributed by atoms with Crippen molar-refractivity contribution < 1.29 is 9.59 Å². The van der Waals surface area contributed by atoms with Crippen molar-refractivity contribution in [3.63, 3.8) is 0 Å². The van der Waals surface area contributed by atoms with Gasteiger partial charge in [0.05, 0.1) is 10.6 Å². The van der Waals surface area contributed by atoms with Crippen LogP contribution in [0.4, 0.5) is 11.4 Å². The molecule has 2 heterocycles. The zero-order valence-electron chi connectivity index (χ0n) is 17.3. The van der Waals surface area contributed by atoms with Crippen molar-refractivity contribution in [2.45, 2.75) is 37.3 Å². The minimum absolute atomic E-state index is 0.0718. The molecule has 2 N–H and O–H groups in total. The van der Waals surface area contributed by atoms with Gasteiger partial charge in [0.1, 0.15) is 0 Å². The Morgan fingerprint density at radius 1 is 1.10 bits per heavy atom. The van der Waals surface area contributed by atoms with Gasteiger partial charge in [-0.2, -0.15) is 0 Å². The summed E-state index contributed by atoms with van der Waals surface area (Å²) in [4.78, 5) is 25.9. The van der Waals surface area contributed by atoms with Gasteiger partial charge in [-0.15, -0.1) is 21.5 Å². The molecule has 2 aromatic heterocycles. The lowest BCUT2D eigenvalue weighted by Gasteiger charge is -2.20. The van der Waals surface area contributed by atoms with Gasteiger partial charge in [-0.25, -0.2) is 0 Å². The van der Waals surface area contributed by atoms with Crippen LogP contribution in [0.1, 0.15) is 32.1 Å². The molecule has 0 unspecified atom stereocenters. The van der Waals surface area contributed by atoms with Crippen molar-refractivity contribution in [1.29, 1.82) is 0 Å². The molecule has 0 bridgehead atoms. The van der Waals surface area contributed by atoms with Gasteiger partial charge in [0.2, 0.25) is 11.8 Å². The van der Waals surface area contributed by atoms with E-state index < -0.39 is 0 Å². The van der Waals surface area contributed by atoms with E-state index in [4.69, 9.17) is 0 Å². The zero-order valence-corrected chi connectivity index (χ0v) is 19.0. The van der Waals surface area contributed by atoms with Gasteiger partial charge < -0.3 is 15.2 Å². The SMILES string of the molecule is Cn1c(SCC(=O)Nc2cccc(NC(=O)C3CCCCC3)c2)nnc1-c1cccs1. The third kappa shape index (κ3) is 5.54. The predicted molar refractivity (Wildman–Crippen MR) is 125 cm³/mol. The van der Waals surface area contributed by atoms with Crippen molar-refractivity contribution >= 4 is 46.3 Å². The van der Waals surface area contributed by atoms with Gasteiger partial charge in [0.25, 0.3) is 0 Å². The number of nitrogens with one attached hydrogen (secondary N) is 2. The lowest BCUT2D eigenvalue weighted by Crippen LogP contribution is -2.24. The molecule has 1 aliphatic rings. The standard InChI is InChI=1S/C22H25N5O2S2/c1-27-20(18-11-6-12-30-18)25-26-22(27)31-14-19(28)23-16-9-5-10-17(13-16)24-21(29)15-7-3-2-4-8-15/h5-6,9-13,15H,2-4,7-8,14H2,1H3,(H,23,28)(H,24,29). The summed E-state index contributed by atoms with van der Waals surface area (Å²) >= 11 is 2.94. The van der Waals surface area contributed by atoms with Crippen molar-refractivity contribution in [2.24, 2.45) is 13.0 Å². The first-order valence-corrected chi connectivity index (χ1v) is 12.2. The number of thiophene rings is 1. The van der Waals surface area contributed by atoms with Crippen LogP contribution in [0.15, 0.2) is 46.9 Å². The second kappa shape index (κ2) is 10.1. The van der Waals surface area contributed by atoms with Crippen molar-refractivity contribution in [2.75, 3.05) is 16.4 Å². The topological polar surface area (TPSA) is 88.9 Å². The number of hydrogen-bond donors (Lipinski definition) is 2. The highest BCUT2D eigenvalue weighted by Crippen LogP contribution is 2.27. The Bertz CT molecular complexity index is 1040. The van der Waals surface area contributed by atoms with Gasteiger partial charge >= 0.3 is 0 Å². The molecule has 1 aromatic carbocycles. The maximum Gasteiger partial charge on any atom is 0.234 e. The number of anilines is 2. The highest BCUT2D eigenvalue weighted by atomic mass is 32.2. The molecule has 0 aliphatic heterocycles. The minimum atomic E-state index is -0.138. The van der Waals surface area contributed by atoms with Crippen LogP contribution < -0.4 is 10.6 Å². The molecule has 7 nitrogen and oxygen atoms in total. The maximum atomic E-state index is 12.5. The molecular formula is C22H25N5O2S2. The lowest BCUT2D eigenvalue weighted by atomic mass is 9.88. The summed E-state index contributed by atoms with van der Waals surface area (Å²) in [5.74, 6) is 1.03. The van der Waals surface area contributed by atoms with E-state index in [9.17, 15) is 9.59 Å². The molecule has 3 aromatic rings. The molecular weight excluding hydrogens is 430 g/mol. The number of carbonyl (C=O) groups is 2. The van der Waals surface area contributed by atoms with E-state index in [1.54, 1.807) is 17.4 Å². The van der Waals surface area contributed by atoms with Crippen molar-refractivity contribution in [1.82, 2.24) is 14.8 Å². The maximum absolute atomic E-state index is 12.5. The van der Waals surface area contributed by atoms with Crippen LogP contribution in [0.3, 0.4) is 0 Å². The summed E-state index contributed by atoms with van der Waals surface area (Å²) in [5, 5.41) is 17.0. The number of thioether (sulfide) groups is 1. The molecule has 9 heteroatoms. The zero-order chi connectivity index (χ0) is 21.6. The Hall–Kier alpha value is -2.65. The largest absolute Gasteiger partial charge is 0.326 e. The molecule has 1 fully saturated rings. The van der Waals surface area contributed by atoms with Crippen LogP contribution in [0, 0.1) is 5.92 Å². The smallest absolute Gasteiger partial charge is 0.234 e. The van der Waals surface area contributed by atoms with Gasteiger partial charge in [-0.3, -0.25) is 9.59 Å². The number of carbonyl (C=O) groups excluding carboxylic acids is 2. The van der Waals surface area contributed by atoms with Crippen LogP contribution in [-0.4, -0.2) is 32.3 Å². The molecule has 4 rings (SSSR count). The first kappa shape index (κ1) is 21.6. The van der Waals surface area contributed by atoms with Crippen molar-refractivity contribution in [3.05, 3.63) is 41.8 Å². The number of aromatic nitrogens is 3. The summed E-state index contributed by atoms with van der Waals surface area (Å²) in [6.07, 6.45) is 5.36. The monoisotopic (exact) mass is 455 g/mol. The average Bonchev–Trinajstić information content (AvgIpc) is 3.43. The second-order valence-electron chi connectivity index (χ2n) is 7.58. The van der Waals surface area contributed by atoms with Crippen LogP contribution in [0.2, 0.25) is 0 Å². The van der Waals surface area contributed by atoms with Gasteiger partial charge in [0, 0.05) is 24.3 Å². The molecule has 162 valence electrons. The summed E-state index contributed by atoms with van der Waals surface area (Å²) in [6, 6.07) is 11.2. The molecule has 0 atom stereocenters. The van der Waals surface area contributed by atoms with E-state index in [1.165, 1.54) is 18.2 Å². The first-order valence-electron chi connectivity index (χ1n) is 10.4. The fourth-order valence-corrected chi connectivity index (χ4v) is 5.13. The number of rotatable bonds is 7. The quantitative estimate of drug-likeness (QED) is 0.500. The van der Waals surface area contributed by atoms with Gasteiger partial charge in [-0.05, 0) is 42.5 Å². The lowest BCUT2D eigenvalue weighted by molar-refractivity contribution is -0.120. The average molecular weight is 456 g/mol. The molecule has 0 spiro atoms. The van der Waals surface area contributed by atoms with E-state index in [-0.39, 0.29) is 23.5 Å². The summed E-state index contributed by atoms with van der Waals surface area (Å²) in [5.41, 5.74) is 1.36. The minimum Gasteiger partial charge on any atom is -0.326 e. The Balaban J connectivity index is 1.31. The van der Waals surface area contributed by atoms with Gasteiger partial charge in [-0.1, -0.05) is 43.2 Å². The van der Waals surface area contributed by atoms with Crippen LogP contribution in [0.5, 0.6) is 0 Å². The van der Waals surface area contributed by atoms with E-state index in [1.807, 2.05) is 47.3 Å². The number of amides is 2. The normalized spacial score (nSPS) is 14.4. The van der Waals surface area contributed by atoms with Crippen LogP contribution >= 0.6 is 23.1 Å². The number of hydrogen-bond acceptors (Lipinski definition) is 6. The third-order valence-corrected chi connectivity index (χ3v) is 7.18. The highest BCUT2D eigenvalue weighted by Gasteiger charge is 2.21. The van der Waals surface area contributed by atoms with E-state index >= 15 is 0 Å². The molecule has 1 aliphatic carbocycles. The third-order valence-electron chi connectivity index (χ3n) is 5.30. The second-order valence-corrected chi connectivity index (χ2v) is 9.47. The predicted octanol–water partition coefficient (Wildman–Crippen LogP) is 4.79. The Morgan fingerprint density at radius 2 is 1.87 bits per heavy atom. The highest BCUT2D eigenvalue weighted by molar-refractivity contribution is 7.99. The summed E-state index contributed by atoms with van der Waals surface area (Å²) in [6.45, 7) is 0. The summed E-state index contributed by atoms with van der Waals surface area (Å²) in [7, 11) is 1.90. The molecule has 0 radical (unpaired) electrons. The van der Waals surface area contributed by atoms with Crippen molar-refractivity contribution in [3.8, 4) is 10.7 Å². The molecule has 0 saturated heterocycles. The van der Waals surface area contributed by atoms with E-state index in [0.717, 1.165) is 36.4 Å². The van der Waals surface area contributed by atoms with E-state index in [0.29, 0.717) is 16.5 Å². The fourth-order valence-electron chi connectivity index (χ4n) is 3.67. The Kier molecular flexibility index (Phi) is 7.03. The first-order chi connectivity index (χ1) is 15.1. The summed E-state index contributed by atoms with van der Waals surface area (Å²) < 4.78 is 1.89. The number of benzene rings is 1. The van der Waals surface area contributed by atoms with Crippen LogP contribution in [-0.2, 0) is 16.6 Å². The molecule has 2 amide bonds. The number of nitrogens with zero attached hydrogens (tertiary/aromatic N) is 3. The molecule has 1 saturated carbocycles. The molecule has 31 heavy (non-hydrogen) atoms. The Labute approximate surface area is 189 Å². The fraction of sp³-hybridized carbons (Fsp3) is 0.364.